The van der Waals surface area contributed by atoms with E-state index in [1.165, 1.54) is 6.07 Å². The Labute approximate surface area is 105 Å². The van der Waals surface area contributed by atoms with E-state index in [2.05, 4.69) is 17.9 Å². The van der Waals surface area contributed by atoms with Gasteiger partial charge in [-0.25, -0.2) is 0 Å². The van der Waals surface area contributed by atoms with Gasteiger partial charge in [0, 0.05) is 24.6 Å². The number of rotatable bonds is 5. The molecule has 0 unspecified atom stereocenters. The van der Waals surface area contributed by atoms with E-state index in [4.69, 9.17) is 0 Å². The van der Waals surface area contributed by atoms with Crippen molar-refractivity contribution in [2.75, 3.05) is 5.75 Å². The second-order valence-electron chi connectivity index (χ2n) is 3.57. The largest absolute Gasteiger partial charge is 0.352 e. The van der Waals surface area contributed by atoms with Crippen LogP contribution in [0.4, 0.5) is 5.69 Å². The van der Waals surface area contributed by atoms with Crippen molar-refractivity contribution in [2.45, 2.75) is 19.9 Å². The first-order chi connectivity index (χ1) is 8.06. The number of benzene rings is 1. The number of hydrogen-bond acceptors (Lipinski definition) is 4. The van der Waals surface area contributed by atoms with Crippen LogP contribution in [0, 0.1) is 17.0 Å². The first kappa shape index (κ1) is 13.5. The van der Waals surface area contributed by atoms with Crippen LogP contribution < -0.4 is 5.32 Å². The Bertz CT molecular complexity index is 435. The SMILES string of the molecule is Cc1c(CNC(=O)CCS)cccc1[N+](=O)[O-]. The highest BCUT2D eigenvalue weighted by Gasteiger charge is 2.13. The molecule has 0 saturated carbocycles. The van der Waals surface area contributed by atoms with E-state index in [-0.39, 0.29) is 11.6 Å². The molecule has 0 fully saturated rings. The number of carbonyl (C=O) groups is 1. The topological polar surface area (TPSA) is 72.2 Å². The van der Waals surface area contributed by atoms with Crippen LogP contribution in [0.3, 0.4) is 0 Å². The highest BCUT2D eigenvalue weighted by molar-refractivity contribution is 7.80. The third kappa shape index (κ3) is 3.74. The molecule has 1 amide bonds. The molecule has 0 spiro atoms. The van der Waals surface area contributed by atoms with Gasteiger partial charge in [0.15, 0.2) is 0 Å². The molecule has 0 saturated heterocycles. The number of hydrogen-bond donors (Lipinski definition) is 2. The van der Waals surface area contributed by atoms with Crippen molar-refractivity contribution < 1.29 is 9.72 Å². The number of carbonyl (C=O) groups excluding carboxylic acids is 1. The third-order valence-electron chi connectivity index (χ3n) is 2.43. The number of nitrogens with one attached hydrogen (secondary N) is 1. The molecule has 0 aliphatic heterocycles. The van der Waals surface area contributed by atoms with E-state index in [0.29, 0.717) is 24.3 Å². The minimum absolute atomic E-state index is 0.0749. The average molecular weight is 254 g/mol. The molecule has 1 aromatic carbocycles. The maximum atomic E-state index is 11.3. The van der Waals surface area contributed by atoms with Crippen molar-refractivity contribution in [3.05, 3.63) is 39.4 Å². The normalized spacial score (nSPS) is 10.0. The van der Waals surface area contributed by atoms with Crippen LogP contribution in [-0.4, -0.2) is 16.6 Å². The Morgan fingerprint density at radius 3 is 2.82 bits per heavy atom. The van der Waals surface area contributed by atoms with Gasteiger partial charge in [-0.2, -0.15) is 12.6 Å². The van der Waals surface area contributed by atoms with E-state index in [1.54, 1.807) is 19.1 Å². The molecule has 0 radical (unpaired) electrons. The molecule has 17 heavy (non-hydrogen) atoms. The zero-order chi connectivity index (χ0) is 12.8. The molecule has 6 heteroatoms. The van der Waals surface area contributed by atoms with Crippen molar-refractivity contribution in [3.63, 3.8) is 0 Å². The Morgan fingerprint density at radius 1 is 1.53 bits per heavy atom. The van der Waals surface area contributed by atoms with Crippen LogP contribution in [0.15, 0.2) is 18.2 Å². The minimum atomic E-state index is -0.422. The Kier molecular flexibility index (Phi) is 4.96. The highest BCUT2D eigenvalue weighted by atomic mass is 32.1. The van der Waals surface area contributed by atoms with E-state index in [0.717, 1.165) is 5.56 Å². The summed E-state index contributed by atoms with van der Waals surface area (Å²) in [5.41, 5.74) is 1.42. The van der Waals surface area contributed by atoms with E-state index in [1.807, 2.05) is 0 Å². The molecule has 0 aliphatic carbocycles. The van der Waals surface area contributed by atoms with Crippen LogP contribution in [0.5, 0.6) is 0 Å². The fourth-order valence-corrected chi connectivity index (χ4v) is 1.65. The summed E-state index contributed by atoms with van der Waals surface area (Å²) in [6.07, 6.45) is 0.344. The summed E-state index contributed by atoms with van der Waals surface area (Å²) in [5, 5.41) is 13.4. The minimum Gasteiger partial charge on any atom is -0.352 e. The van der Waals surface area contributed by atoms with Gasteiger partial charge in [-0.1, -0.05) is 12.1 Å². The molecule has 0 atom stereocenters. The summed E-state index contributed by atoms with van der Waals surface area (Å²) >= 11 is 3.95. The van der Waals surface area contributed by atoms with Gasteiger partial charge in [-0.05, 0) is 18.2 Å². The molecule has 92 valence electrons. The van der Waals surface area contributed by atoms with Crippen molar-refractivity contribution >= 4 is 24.2 Å². The summed E-state index contributed by atoms with van der Waals surface area (Å²) in [5.74, 6) is 0.380. The molecule has 1 rings (SSSR count). The van der Waals surface area contributed by atoms with Crippen LogP contribution >= 0.6 is 12.6 Å². The van der Waals surface area contributed by atoms with Gasteiger partial charge >= 0.3 is 0 Å². The van der Waals surface area contributed by atoms with E-state index in [9.17, 15) is 14.9 Å². The summed E-state index contributed by atoms with van der Waals surface area (Å²) in [4.78, 5) is 21.6. The van der Waals surface area contributed by atoms with Gasteiger partial charge in [-0.3, -0.25) is 14.9 Å². The van der Waals surface area contributed by atoms with Gasteiger partial charge in [0.25, 0.3) is 5.69 Å². The smallest absolute Gasteiger partial charge is 0.272 e. The molecule has 0 bridgehead atoms. The lowest BCUT2D eigenvalue weighted by Gasteiger charge is -2.07. The molecule has 1 aromatic rings. The fraction of sp³-hybridized carbons (Fsp3) is 0.364. The molecule has 0 aromatic heterocycles. The van der Waals surface area contributed by atoms with Crippen molar-refractivity contribution in [3.8, 4) is 0 Å². The summed E-state index contributed by atoms with van der Waals surface area (Å²) < 4.78 is 0. The number of amides is 1. The maximum Gasteiger partial charge on any atom is 0.272 e. The molecule has 1 N–H and O–H groups in total. The molecular formula is C11H14N2O3S. The van der Waals surface area contributed by atoms with Crippen molar-refractivity contribution in [2.24, 2.45) is 0 Å². The zero-order valence-electron chi connectivity index (χ0n) is 9.47. The Morgan fingerprint density at radius 2 is 2.24 bits per heavy atom. The summed E-state index contributed by atoms with van der Waals surface area (Å²) in [6, 6.07) is 4.84. The maximum absolute atomic E-state index is 11.3. The lowest BCUT2D eigenvalue weighted by atomic mass is 10.1. The Hall–Kier alpha value is -1.56. The highest BCUT2D eigenvalue weighted by Crippen LogP contribution is 2.20. The molecular weight excluding hydrogens is 240 g/mol. The lowest BCUT2D eigenvalue weighted by molar-refractivity contribution is -0.385. The average Bonchev–Trinajstić information content (AvgIpc) is 2.27. The van der Waals surface area contributed by atoms with Gasteiger partial charge < -0.3 is 5.32 Å². The third-order valence-corrected chi connectivity index (χ3v) is 2.65. The predicted molar refractivity (Wildman–Crippen MR) is 68.2 cm³/mol. The Balaban J connectivity index is 2.75. The first-order valence-electron chi connectivity index (χ1n) is 5.16. The zero-order valence-corrected chi connectivity index (χ0v) is 10.4. The van der Waals surface area contributed by atoms with Gasteiger partial charge in [0.1, 0.15) is 0 Å². The standard InChI is InChI=1S/C11H14N2O3S/c1-8-9(7-12-11(14)5-6-17)3-2-4-10(8)13(15)16/h2-4,17H,5-7H2,1H3,(H,12,14). The second-order valence-corrected chi connectivity index (χ2v) is 4.02. The van der Waals surface area contributed by atoms with Crippen LogP contribution in [0.25, 0.3) is 0 Å². The quantitative estimate of drug-likeness (QED) is 0.478. The summed E-state index contributed by atoms with van der Waals surface area (Å²) in [7, 11) is 0. The second kappa shape index (κ2) is 6.24. The van der Waals surface area contributed by atoms with E-state index < -0.39 is 4.92 Å². The summed E-state index contributed by atoms with van der Waals surface area (Å²) in [6.45, 7) is 1.98. The first-order valence-corrected chi connectivity index (χ1v) is 5.80. The predicted octanol–water partition coefficient (Wildman–Crippen LogP) is 1.84. The lowest BCUT2D eigenvalue weighted by Crippen LogP contribution is -2.23. The van der Waals surface area contributed by atoms with Gasteiger partial charge in [-0.15, -0.1) is 0 Å². The van der Waals surface area contributed by atoms with Gasteiger partial charge in [0.05, 0.1) is 4.92 Å². The van der Waals surface area contributed by atoms with Crippen LogP contribution in [0.2, 0.25) is 0 Å². The fourth-order valence-electron chi connectivity index (χ4n) is 1.44. The van der Waals surface area contributed by atoms with Gasteiger partial charge in [0.2, 0.25) is 5.91 Å². The van der Waals surface area contributed by atoms with Crippen LogP contribution in [-0.2, 0) is 11.3 Å². The number of thiol groups is 1. The number of nitro benzene ring substituents is 1. The molecule has 0 heterocycles. The van der Waals surface area contributed by atoms with E-state index >= 15 is 0 Å². The van der Waals surface area contributed by atoms with Crippen LogP contribution in [0.1, 0.15) is 17.5 Å². The number of nitrogens with zero attached hydrogens (tertiary/aromatic N) is 1. The van der Waals surface area contributed by atoms with Crippen molar-refractivity contribution in [1.82, 2.24) is 5.32 Å². The monoisotopic (exact) mass is 254 g/mol. The van der Waals surface area contributed by atoms with Crippen molar-refractivity contribution in [1.29, 1.82) is 0 Å². The molecule has 0 aliphatic rings. The molecule has 5 nitrogen and oxygen atoms in total. The number of nitro groups is 1.